The first-order chi connectivity index (χ1) is 15.7. The molecule has 0 aliphatic heterocycles. The lowest BCUT2D eigenvalue weighted by Crippen LogP contribution is -2.26. The van der Waals surface area contributed by atoms with E-state index in [-0.39, 0.29) is 17.8 Å². The van der Waals surface area contributed by atoms with Gasteiger partial charge in [0.2, 0.25) is 0 Å². The zero-order valence-electron chi connectivity index (χ0n) is 19.6. The minimum atomic E-state index is -4.58. The van der Waals surface area contributed by atoms with Crippen LogP contribution in [-0.2, 0) is 0 Å². The lowest BCUT2D eigenvalue weighted by molar-refractivity contribution is -0.0821. The maximum absolute atomic E-state index is 15.0. The Morgan fingerprint density at radius 2 is 1.33 bits per heavy atom. The van der Waals surface area contributed by atoms with Gasteiger partial charge in [0.05, 0.1) is 6.08 Å². The molecule has 3 aliphatic rings. The number of hydrogen-bond acceptors (Lipinski definition) is 0. The van der Waals surface area contributed by atoms with E-state index in [1.165, 1.54) is 12.8 Å². The van der Waals surface area contributed by atoms with Gasteiger partial charge in [0.15, 0.2) is 0 Å². The van der Waals surface area contributed by atoms with E-state index >= 15 is 4.39 Å². The van der Waals surface area contributed by atoms with Crippen LogP contribution in [0.15, 0.2) is 30.1 Å². The Kier molecular flexibility index (Phi) is 7.85. The molecule has 5 heteroatoms. The van der Waals surface area contributed by atoms with Crippen LogP contribution in [-0.4, -0.2) is 6.18 Å². The summed E-state index contributed by atoms with van der Waals surface area (Å²) in [5, 5.41) is 0. The van der Waals surface area contributed by atoms with Gasteiger partial charge in [-0.15, -0.1) is 0 Å². The second-order valence-electron chi connectivity index (χ2n) is 11.0. The molecule has 0 amide bonds. The van der Waals surface area contributed by atoms with Gasteiger partial charge in [-0.05, 0) is 111 Å². The SMILES string of the molecule is CC1CCC(c2ccc(C3CCC(C4CCC(/C(F)=C/C(F)(F)F)CC4)CC3)c(F)c2)CC1. The number of hydrogen-bond donors (Lipinski definition) is 0. The molecule has 33 heavy (non-hydrogen) atoms. The molecule has 0 heterocycles. The van der Waals surface area contributed by atoms with E-state index in [1.54, 1.807) is 6.07 Å². The first kappa shape index (κ1) is 24.7. The smallest absolute Gasteiger partial charge is 0.212 e. The van der Waals surface area contributed by atoms with Crippen LogP contribution in [0.1, 0.15) is 107 Å². The van der Waals surface area contributed by atoms with Gasteiger partial charge in [0.1, 0.15) is 11.6 Å². The predicted octanol–water partition coefficient (Wildman–Crippen LogP) is 9.62. The summed E-state index contributed by atoms with van der Waals surface area (Å²) in [5.41, 5.74) is 2.00. The summed E-state index contributed by atoms with van der Waals surface area (Å²) in [6.45, 7) is 2.30. The number of rotatable bonds is 4. The fourth-order valence-corrected chi connectivity index (χ4v) is 6.76. The zero-order valence-corrected chi connectivity index (χ0v) is 19.6. The minimum Gasteiger partial charge on any atom is -0.212 e. The second-order valence-corrected chi connectivity index (χ2v) is 11.0. The van der Waals surface area contributed by atoms with Gasteiger partial charge in [0, 0.05) is 5.92 Å². The number of halogens is 5. The average molecular weight is 469 g/mol. The van der Waals surface area contributed by atoms with Crippen molar-refractivity contribution in [2.45, 2.75) is 102 Å². The summed E-state index contributed by atoms with van der Waals surface area (Å²) in [4.78, 5) is 0. The number of allylic oxidation sites excluding steroid dienone is 2. The predicted molar refractivity (Wildman–Crippen MR) is 122 cm³/mol. The summed E-state index contributed by atoms with van der Waals surface area (Å²) < 4.78 is 66.2. The van der Waals surface area contributed by atoms with Crippen LogP contribution in [0.4, 0.5) is 22.0 Å². The highest BCUT2D eigenvalue weighted by Gasteiger charge is 2.34. The van der Waals surface area contributed by atoms with Crippen molar-refractivity contribution in [3.05, 3.63) is 47.0 Å². The lowest BCUT2D eigenvalue weighted by atomic mass is 9.68. The van der Waals surface area contributed by atoms with Crippen LogP contribution in [0.2, 0.25) is 0 Å². The first-order valence-electron chi connectivity index (χ1n) is 12.9. The van der Waals surface area contributed by atoms with E-state index in [1.807, 2.05) is 6.07 Å². The normalized spacial score (nSPS) is 34.3. The monoisotopic (exact) mass is 468 g/mol. The highest BCUT2D eigenvalue weighted by molar-refractivity contribution is 5.30. The molecule has 0 saturated heterocycles. The van der Waals surface area contributed by atoms with Gasteiger partial charge < -0.3 is 0 Å². The van der Waals surface area contributed by atoms with Gasteiger partial charge in [-0.25, -0.2) is 8.78 Å². The summed E-state index contributed by atoms with van der Waals surface area (Å²) in [6.07, 6.45) is 6.59. The van der Waals surface area contributed by atoms with E-state index in [0.29, 0.717) is 30.6 Å². The van der Waals surface area contributed by atoms with E-state index < -0.39 is 17.9 Å². The molecule has 0 aromatic heterocycles. The number of alkyl halides is 3. The fourth-order valence-electron chi connectivity index (χ4n) is 6.76. The quantitative estimate of drug-likeness (QED) is 0.386. The molecule has 0 atom stereocenters. The summed E-state index contributed by atoms with van der Waals surface area (Å²) in [7, 11) is 0. The molecule has 3 saturated carbocycles. The molecule has 0 spiro atoms. The van der Waals surface area contributed by atoms with E-state index in [0.717, 1.165) is 68.4 Å². The summed E-state index contributed by atoms with van der Waals surface area (Å²) in [6, 6.07) is 5.95. The van der Waals surface area contributed by atoms with Crippen molar-refractivity contribution in [2.75, 3.05) is 0 Å². The molecular weight excluding hydrogens is 431 g/mol. The van der Waals surface area contributed by atoms with Crippen molar-refractivity contribution in [1.29, 1.82) is 0 Å². The van der Waals surface area contributed by atoms with Gasteiger partial charge in [-0.3, -0.25) is 0 Å². The molecular formula is C28H37F5. The van der Waals surface area contributed by atoms with E-state index in [4.69, 9.17) is 0 Å². The third-order valence-corrected chi connectivity index (χ3v) is 8.85. The maximum Gasteiger partial charge on any atom is 0.412 e. The van der Waals surface area contributed by atoms with Crippen LogP contribution in [0, 0.1) is 29.5 Å². The van der Waals surface area contributed by atoms with Crippen molar-refractivity contribution < 1.29 is 22.0 Å². The van der Waals surface area contributed by atoms with Crippen molar-refractivity contribution in [3.8, 4) is 0 Å². The second kappa shape index (κ2) is 10.5. The van der Waals surface area contributed by atoms with Crippen LogP contribution in [0.3, 0.4) is 0 Å². The third kappa shape index (κ3) is 6.39. The molecule has 0 nitrogen and oxygen atoms in total. The average Bonchev–Trinajstić information content (AvgIpc) is 2.79. The molecule has 0 N–H and O–H groups in total. The van der Waals surface area contributed by atoms with Crippen LogP contribution >= 0.6 is 0 Å². The molecule has 3 aliphatic carbocycles. The molecule has 1 aromatic rings. The van der Waals surface area contributed by atoms with E-state index in [2.05, 4.69) is 13.0 Å². The highest BCUT2D eigenvalue weighted by atomic mass is 19.4. The van der Waals surface area contributed by atoms with Crippen LogP contribution in [0.25, 0.3) is 0 Å². The largest absolute Gasteiger partial charge is 0.412 e. The van der Waals surface area contributed by atoms with Crippen LogP contribution < -0.4 is 0 Å². The van der Waals surface area contributed by atoms with Crippen molar-refractivity contribution in [3.63, 3.8) is 0 Å². The topological polar surface area (TPSA) is 0 Å². The molecule has 1 aromatic carbocycles. The van der Waals surface area contributed by atoms with Gasteiger partial charge in [0.25, 0.3) is 0 Å². The Morgan fingerprint density at radius 1 is 0.788 bits per heavy atom. The van der Waals surface area contributed by atoms with Crippen LogP contribution in [0.5, 0.6) is 0 Å². The molecule has 184 valence electrons. The molecule has 0 unspecified atom stereocenters. The first-order valence-corrected chi connectivity index (χ1v) is 12.9. The standard InChI is InChI=1S/C28H37F5/c1-18-2-4-21(5-3-18)24-14-15-25(26(29)16-24)22-10-6-19(7-11-22)20-8-12-23(13-9-20)27(30)17-28(31,32)33/h14-23H,2-13H2,1H3/b27-17-. The molecule has 3 fully saturated rings. The van der Waals surface area contributed by atoms with Crippen molar-refractivity contribution in [2.24, 2.45) is 23.7 Å². The Bertz CT molecular complexity index is 802. The Morgan fingerprint density at radius 3 is 1.88 bits per heavy atom. The third-order valence-electron chi connectivity index (χ3n) is 8.85. The Balaban J connectivity index is 1.28. The summed E-state index contributed by atoms with van der Waals surface area (Å²) in [5.74, 6) is 0.875. The fraction of sp³-hybridized carbons (Fsp3) is 0.714. The summed E-state index contributed by atoms with van der Waals surface area (Å²) >= 11 is 0. The van der Waals surface area contributed by atoms with Crippen molar-refractivity contribution >= 4 is 0 Å². The van der Waals surface area contributed by atoms with Gasteiger partial charge in [-0.1, -0.05) is 31.9 Å². The molecule has 0 radical (unpaired) electrons. The lowest BCUT2D eigenvalue weighted by Gasteiger charge is -2.38. The van der Waals surface area contributed by atoms with Gasteiger partial charge in [-0.2, -0.15) is 13.2 Å². The Hall–Kier alpha value is -1.39. The van der Waals surface area contributed by atoms with Gasteiger partial charge >= 0.3 is 6.18 Å². The van der Waals surface area contributed by atoms with Crippen molar-refractivity contribution in [1.82, 2.24) is 0 Å². The number of benzene rings is 1. The molecule has 0 bridgehead atoms. The molecule has 4 rings (SSSR count). The maximum atomic E-state index is 15.0. The highest BCUT2D eigenvalue weighted by Crippen LogP contribution is 2.46. The zero-order chi connectivity index (χ0) is 23.6. The minimum absolute atomic E-state index is 0.0537. The Labute approximate surface area is 195 Å². The van der Waals surface area contributed by atoms with E-state index in [9.17, 15) is 17.6 Å².